The van der Waals surface area contributed by atoms with Crippen LogP contribution in [-0.4, -0.2) is 5.78 Å². The maximum atomic E-state index is 10.9. The first-order valence-electron chi connectivity index (χ1n) is 5.07. The van der Waals surface area contributed by atoms with Gasteiger partial charge in [-0.05, 0) is 24.8 Å². The summed E-state index contributed by atoms with van der Waals surface area (Å²) >= 11 is 0. The second-order valence-electron chi connectivity index (χ2n) is 3.50. The molecule has 68 valence electrons. The van der Waals surface area contributed by atoms with E-state index in [0.29, 0.717) is 5.78 Å². The van der Waals surface area contributed by atoms with Crippen molar-refractivity contribution in [1.82, 2.24) is 0 Å². The molecule has 12 heavy (non-hydrogen) atoms. The Balaban J connectivity index is 2.01. The molecule has 0 heterocycles. The van der Waals surface area contributed by atoms with E-state index in [9.17, 15) is 4.79 Å². The van der Waals surface area contributed by atoms with Crippen LogP contribution in [0.25, 0.3) is 0 Å². The lowest BCUT2D eigenvalue weighted by molar-refractivity contribution is -0.118. The molecule has 0 radical (unpaired) electrons. The molecule has 1 aliphatic rings. The van der Waals surface area contributed by atoms with Crippen LogP contribution >= 0.6 is 0 Å². The molecule has 0 aliphatic heterocycles. The van der Waals surface area contributed by atoms with Crippen LogP contribution in [0.15, 0.2) is 11.6 Å². The summed E-state index contributed by atoms with van der Waals surface area (Å²) in [5, 5.41) is 0. The molecule has 0 amide bonds. The van der Waals surface area contributed by atoms with Gasteiger partial charge in [-0.2, -0.15) is 0 Å². The molecule has 1 heteroatoms. The van der Waals surface area contributed by atoms with Crippen molar-refractivity contribution in [3.05, 3.63) is 11.6 Å². The second-order valence-corrected chi connectivity index (χ2v) is 3.50. The van der Waals surface area contributed by atoms with Gasteiger partial charge in [-0.3, -0.25) is 4.79 Å². The maximum absolute atomic E-state index is 10.9. The predicted molar refractivity (Wildman–Crippen MR) is 51.1 cm³/mol. The van der Waals surface area contributed by atoms with Crippen molar-refractivity contribution in [1.29, 1.82) is 0 Å². The average molecular weight is 166 g/mol. The van der Waals surface area contributed by atoms with Crippen molar-refractivity contribution < 1.29 is 4.79 Å². The van der Waals surface area contributed by atoms with Crippen LogP contribution in [0, 0.1) is 0 Å². The Morgan fingerprint density at radius 2 is 2.08 bits per heavy atom. The minimum Gasteiger partial charge on any atom is -0.295 e. The summed E-state index contributed by atoms with van der Waals surface area (Å²) < 4.78 is 0. The van der Waals surface area contributed by atoms with Crippen molar-refractivity contribution in [3.8, 4) is 0 Å². The zero-order chi connectivity index (χ0) is 8.81. The van der Waals surface area contributed by atoms with Crippen molar-refractivity contribution in [2.45, 2.75) is 51.9 Å². The topological polar surface area (TPSA) is 17.1 Å². The van der Waals surface area contributed by atoms with Gasteiger partial charge in [-0.15, -0.1) is 0 Å². The summed E-state index contributed by atoms with van der Waals surface area (Å²) in [5.74, 6) is 0.380. The summed E-state index contributed by atoms with van der Waals surface area (Å²) in [7, 11) is 0. The highest BCUT2D eigenvalue weighted by Gasteiger charge is 2.18. The molecule has 0 N–H and O–H groups in total. The fourth-order valence-corrected chi connectivity index (χ4v) is 1.43. The van der Waals surface area contributed by atoms with Gasteiger partial charge in [-0.1, -0.05) is 32.3 Å². The minimum atomic E-state index is 0.380. The van der Waals surface area contributed by atoms with Gasteiger partial charge in [0.25, 0.3) is 0 Å². The molecule has 1 aliphatic carbocycles. The number of allylic oxidation sites excluding steroid dienone is 2. The Bertz CT molecular complexity index is 179. The number of Topliss-reactive ketones (excluding diaryl/α,β-unsaturated/α-hetero) is 1. The molecule has 0 aromatic heterocycles. The fraction of sp³-hybridized carbons (Fsp3) is 0.727. The smallest absolute Gasteiger partial charge is 0.158 e. The third-order valence-electron chi connectivity index (χ3n) is 2.43. The number of hydrogen-bond donors (Lipinski definition) is 0. The summed E-state index contributed by atoms with van der Waals surface area (Å²) in [6.45, 7) is 2.22. The van der Waals surface area contributed by atoms with E-state index in [2.05, 4.69) is 13.0 Å². The molecule has 0 aromatic carbocycles. The van der Waals surface area contributed by atoms with Crippen LogP contribution in [0.2, 0.25) is 0 Å². The van der Waals surface area contributed by atoms with E-state index >= 15 is 0 Å². The van der Waals surface area contributed by atoms with Crippen LogP contribution < -0.4 is 0 Å². The lowest BCUT2D eigenvalue weighted by atomic mass is 9.89. The molecule has 1 rings (SSSR count). The number of carbonyl (C=O) groups excluding carboxylic acids is 1. The minimum absolute atomic E-state index is 0.380. The SMILES string of the molecule is CCCCCC/C=C1/CCC1=O. The van der Waals surface area contributed by atoms with E-state index in [1.807, 2.05) is 0 Å². The molecule has 0 aromatic rings. The summed E-state index contributed by atoms with van der Waals surface area (Å²) in [5.41, 5.74) is 1.09. The molecular weight excluding hydrogens is 148 g/mol. The highest BCUT2D eigenvalue weighted by atomic mass is 16.1. The molecule has 0 bridgehead atoms. The Morgan fingerprint density at radius 3 is 2.58 bits per heavy atom. The second kappa shape index (κ2) is 5.13. The standard InChI is InChI=1S/C11H18O/c1-2-3-4-5-6-7-10-8-9-11(10)12/h7H,2-6,8-9H2,1H3/b10-7-. The fourth-order valence-electron chi connectivity index (χ4n) is 1.43. The quantitative estimate of drug-likeness (QED) is 0.452. The molecule has 0 saturated heterocycles. The average Bonchev–Trinajstić information content (AvgIpc) is 2.08. The molecule has 0 atom stereocenters. The highest BCUT2D eigenvalue weighted by Crippen LogP contribution is 2.22. The molecule has 1 saturated carbocycles. The van der Waals surface area contributed by atoms with Crippen molar-refractivity contribution in [2.75, 3.05) is 0 Å². The van der Waals surface area contributed by atoms with Crippen molar-refractivity contribution in [2.24, 2.45) is 0 Å². The number of rotatable bonds is 5. The van der Waals surface area contributed by atoms with Gasteiger partial charge < -0.3 is 0 Å². The Labute approximate surface area is 74.9 Å². The van der Waals surface area contributed by atoms with E-state index in [4.69, 9.17) is 0 Å². The summed E-state index contributed by atoms with van der Waals surface area (Å²) in [6, 6.07) is 0. The van der Waals surface area contributed by atoms with Crippen molar-refractivity contribution >= 4 is 5.78 Å². The van der Waals surface area contributed by atoms with Crippen molar-refractivity contribution in [3.63, 3.8) is 0 Å². The zero-order valence-electron chi connectivity index (χ0n) is 7.94. The maximum Gasteiger partial charge on any atom is 0.158 e. The Hall–Kier alpha value is -0.590. The number of carbonyl (C=O) groups is 1. The van der Waals surface area contributed by atoms with E-state index in [0.717, 1.165) is 24.8 Å². The lowest BCUT2D eigenvalue weighted by Gasteiger charge is -2.14. The summed E-state index contributed by atoms with van der Waals surface area (Å²) in [6.07, 6.45) is 10.3. The van der Waals surface area contributed by atoms with E-state index in [-0.39, 0.29) is 0 Å². The van der Waals surface area contributed by atoms with Gasteiger partial charge in [0.15, 0.2) is 5.78 Å². The van der Waals surface area contributed by atoms with E-state index in [1.165, 1.54) is 25.7 Å². The molecule has 1 fully saturated rings. The van der Waals surface area contributed by atoms with E-state index < -0.39 is 0 Å². The predicted octanol–water partition coefficient (Wildman–Crippen LogP) is 3.25. The number of ketones is 1. The largest absolute Gasteiger partial charge is 0.295 e. The van der Waals surface area contributed by atoms with Gasteiger partial charge in [0.2, 0.25) is 0 Å². The van der Waals surface area contributed by atoms with Crippen LogP contribution in [0.3, 0.4) is 0 Å². The first-order chi connectivity index (χ1) is 5.84. The molecule has 0 unspecified atom stereocenters. The van der Waals surface area contributed by atoms with Crippen LogP contribution in [-0.2, 0) is 4.79 Å². The number of hydrogen-bond acceptors (Lipinski definition) is 1. The molecular formula is C11H18O. The van der Waals surface area contributed by atoms with Gasteiger partial charge in [0.05, 0.1) is 0 Å². The zero-order valence-corrected chi connectivity index (χ0v) is 7.94. The third-order valence-corrected chi connectivity index (χ3v) is 2.43. The first kappa shape index (κ1) is 9.50. The third kappa shape index (κ3) is 2.80. The lowest BCUT2D eigenvalue weighted by Crippen LogP contribution is -2.13. The van der Waals surface area contributed by atoms with Crippen LogP contribution in [0.1, 0.15) is 51.9 Å². The Kier molecular flexibility index (Phi) is 4.06. The van der Waals surface area contributed by atoms with Gasteiger partial charge in [0, 0.05) is 6.42 Å². The first-order valence-corrected chi connectivity index (χ1v) is 5.07. The monoisotopic (exact) mass is 166 g/mol. The highest BCUT2D eigenvalue weighted by molar-refractivity contribution is 6.01. The van der Waals surface area contributed by atoms with Gasteiger partial charge >= 0.3 is 0 Å². The summed E-state index contributed by atoms with van der Waals surface area (Å²) in [4.78, 5) is 10.9. The number of unbranched alkanes of at least 4 members (excludes halogenated alkanes) is 4. The van der Waals surface area contributed by atoms with Crippen LogP contribution in [0.4, 0.5) is 0 Å². The normalized spacial score (nSPS) is 19.8. The molecule has 1 nitrogen and oxygen atoms in total. The van der Waals surface area contributed by atoms with Gasteiger partial charge in [0.1, 0.15) is 0 Å². The van der Waals surface area contributed by atoms with E-state index in [1.54, 1.807) is 0 Å². The van der Waals surface area contributed by atoms with Gasteiger partial charge in [-0.25, -0.2) is 0 Å². The molecule has 0 spiro atoms. The van der Waals surface area contributed by atoms with Crippen LogP contribution in [0.5, 0.6) is 0 Å². The Morgan fingerprint density at radius 1 is 1.25 bits per heavy atom.